The number of alkyl halides is 3. The first-order valence-corrected chi connectivity index (χ1v) is 8.36. The number of halogens is 3. The second-order valence-electron chi connectivity index (χ2n) is 6.50. The van der Waals surface area contributed by atoms with Gasteiger partial charge in [-0.05, 0) is 31.4 Å². The monoisotopic (exact) mass is 338 g/mol. The van der Waals surface area contributed by atoms with Crippen LogP contribution in [0.4, 0.5) is 18.9 Å². The van der Waals surface area contributed by atoms with E-state index in [-0.39, 0.29) is 12.6 Å². The molecule has 4 nitrogen and oxygen atoms in total. The SMILES string of the molecule is [N]C1CCCCC(CC2CN(c3ccccc3)N=C2C(F)(F)F)N1. The first kappa shape index (κ1) is 17.2. The van der Waals surface area contributed by atoms with E-state index in [2.05, 4.69) is 10.4 Å². The van der Waals surface area contributed by atoms with Gasteiger partial charge in [0.15, 0.2) is 0 Å². The van der Waals surface area contributed by atoms with Crippen molar-refractivity contribution in [2.24, 2.45) is 11.0 Å². The highest BCUT2D eigenvalue weighted by atomic mass is 19.4. The van der Waals surface area contributed by atoms with Gasteiger partial charge >= 0.3 is 6.18 Å². The van der Waals surface area contributed by atoms with Crippen molar-refractivity contribution in [2.75, 3.05) is 11.6 Å². The molecule has 7 heteroatoms. The lowest BCUT2D eigenvalue weighted by molar-refractivity contribution is -0.0622. The summed E-state index contributed by atoms with van der Waals surface area (Å²) >= 11 is 0. The second kappa shape index (κ2) is 7.11. The predicted octanol–water partition coefficient (Wildman–Crippen LogP) is 3.36. The highest BCUT2D eigenvalue weighted by molar-refractivity contribution is 5.94. The third-order valence-corrected chi connectivity index (χ3v) is 4.63. The Bertz CT molecular complexity index is 573. The average molecular weight is 338 g/mol. The van der Waals surface area contributed by atoms with Crippen molar-refractivity contribution in [1.82, 2.24) is 11.1 Å². The van der Waals surface area contributed by atoms with Gasteiger partial charge in [0.2, 0.25) is 0 Å². The molecule has 3 atom stereocenters. The first-order chi connectivity index (χ1) is 11.4. The molecule has 1 saturated heterocycles. The number of hydrogen-bond acceptors (Lipinski definition) is 3. The summed E-state index contributed by atoms with van der Waals surface area (Å²) in [6, 6.07) is 8.79. The Morgan fingerprint density at radius 1 is 1.17 bits per heavy atom. The minimum absolute atomic E-state index is 0.115. The maximum atomic E-state index is 13.4. The van der Waals surface area contributed by atoms with E-state index in [0.717, 1.165) is 19.3 Å². The average Bonchev–Trinajstić information content (AvgIpc) is 2.85. The molecule has 0 saturated carbocycles. The molecule has 24 heavy (non-hydrogen) atoms. The minimum atomic E-state index is -4.43. The number of nitrogens with one attached hydrogen (secondary N) is 1. The summed E-state index contributed by atoms with van der Waals surface area (Å²) in [5.74, 6) is -0.687. The fourth-order valence-corrected chi connectivity index (χ4v) is 3.48. The molecule has 0 bridgehead atoms. The van der Waals surface area contributed by atoms with Crippen LogP contribution in [-0.4, -0.2) is 30.6 Å². The maximum Gasteiger partial charge on any atom is 0.431 e. The zero-order valence-corrected chi connectivity index (χ0v) is 13.3. The van der Waals surface area contributed by atoms with Gasteiger partial charge in [0.05, 0.1) is 18.4 Å². The Morgan fingerprint density at radius 2 is 1.88 bits per heavy atom. The molecule has 0 aliphatic carbocycles. The molecule has 2 radical (unpaired) electrons. The lowest BCUT2D eigenvalue weighted by atomic mass is 9.93. The standard InChI is InChI=1S/C17H21F3N4/c18-17(19,20)16-12(10-13-6-4-5-9-15(21)22-13)11-24(23-16)14-7-2-1-3-8-14/h1-3,7-8,12-13,15,22H,4-6,9-11H2. The topological polar surface area (TPSA) is 49.9 Å². The maximum absolute atomic E-state index is 13.4. The summed E-state index contributed by atoms with van der Waals surface area (Å²) < 4.78 is 40.2. The molecule has 0 amide bonds. The van der Waals surface area contributed by atoms with Crippen LogP contribution < -0.4 is 16.1 Å². The van der Waals surface area contributed by atoms with Gasteiger partial charge in [-0.2, -0.15) is 18.3 Å². The number of hydrazone groups is 1. The van der Waals surface area contributed by atoms with Gasteiger partial charge in [-0.1, -0.05) is 31.0 Å². The number of benzene rings is 1. The summed E-state index contributed by atoms with van der Waals surface area (Å²) in [4.78, 5) is 0. The van der Waals surface area contributed by atoms with E-state index >= 15 is 0 Å². The largest absolute Gasteiger partial charge is 0.431 e. The fourth-order valence-electron chi connectivity index (χ4n) is 3.48. The Labute approximate surface area is 139 Å². The molecular weight excluding hydrogens is 317 g/mol. The van der Waals surface area contributed by atoms with Crippen molar-refractivity contribution in [3.05, 3.63) is 30.3 Å². The van der Waals surface area contributed by atoms with Gasteiger partial charge < -0.3 is 0 Å². The Morgan fingerprint density at radius 3 is 2.58 bits per heavy atom. The first-order valence-electron chi connectivity index (χ1n) is 8.36. The Hall–Kier alpha value is -1.60. The molecule has 2 aliphatic heterocycles. The molecule has 130 valence electrons. The third kappa shape index (κ3) is 4.08. The quantitative estimate of drug-likeness (QED) is 0.919. The van der Waals surface area contributed by atoms with Gasteiger partial charge in [0, 0.05) is 12.0 Å². The fraction of sp³-hybridized carbons (Fsp3) is 0.588. The van der Waals surface area contributed by atoms with Crippen molar-refractivity contribution in [2.45, 2.75) is 50.5 Å². The Balaban J connectivity index is 1.75. The van der Waals surface area contributed by atoms with Crippen LogP contribution in [0.15, 0.2) is 35.4 Å². The minimum Gasteiger partial charge on any atom is -0.297 e. The van der Waals surface area contributed by atoms with Gasteiger partial charge in [-0.25, -0.2) is 0 Å². The van der Waals surface area contributed by atoms with Crippen molar-refractivity contribution in [3.8, 4) is 0 Å². The summed E-state index contributed by atoms with van der Waals surface area (Å²) in [6.45, 7) is 0.215. The number of hydrogen-bond donors (Lipinski definition) is 1. The normalized spacial score (nSPS) is 28.6. The van der Waals surface area contributed by atoms with Gasteiger partial charge in [0.25, 0.3) is 0 Å². The van der Waals surface area contributed by atoms with E-state index in [0.29, 0.717) is 18.5 Å². The van der Waals surface area contributed by atoms with Crippen LogP contribution in [0.2, 0.25) is 0 Å². The molecule has 1 fully saturated rings. The highest BCUT2D eigenvalue weighted by Crippen LogP contribution is 2.33. The molecule has 0 aromatic heterocycles. The van der Waals surface area contributed by atoms with Crippen LogP contribution in [0.25, 0.3) is 0 Å². The van der Waals surface area contributed by atoms with E-state index in [4.69, 9.17) is 0 Å². The van der Waals surface area contributed by atoms with Gasteiger partial charge in [-0.3, -0.25) is 10.3 Å². The van der Waals surface area contributed by atoms with Crippen molar-refractivity contribution >= 4 is 11.4 Å². The number of para-hydroxylation sites is 1. The van der Waals surface area contributed by atoms with Crippen molar-refractivity contribution in [1.29, 1.82) is 0 Å². The zero-order valence-electron chi connectivity index (χ0n) is 13.3. The lowest BCUT2D eigenvalue weighted by Crippen LogP contribution is -2.41. The summed E-state index contributed by atoms with van der Waals surface area (Å²) in [7, 11) is 0. The summed E-state index contributed by atoms with van der Waals surface area (Å²) in [5, 5.41) is 8.33. The van der Waals surface area contributed by atoms with Crippen LogP contribution in [0, 0.1) is 5.92 Å². The molecule has 1 aromatic carbocycles. The van der Waals surface area contributed by atoms with Crippen LogP contribution >= 0.6 is 0 Å². The molecule has 2 heterocycles. The number of rotatable bonds is 3. The predicted molar refractivity (Wildman–Crippen MR) is 86.7 cm³/mol. The Kier molecular flexibility index (Phi) is 5.10. The van der Waals surface area contributed by atoms with Crippen LogP contribution in [-0.2, 0) is 0 Å². The van der Waals surface area contributed by atoms with Crippen LogP contribution in [0.3, 0.4) is 0 Å². The van der Waals surface area contributed by atoms with E-state index in [1.165, 1.54) is 5.01 Å². The van der Waals surface area contributed by atoms with Crippen LogP contribution in [0.5, 0.6) is 0 Å². The lowest BCUT2D eigenvalue weighted by Gasteiger charge is -2.23. The van der Waals surface area contributed by atoms with Crippen LogP contribution in [0.1, 0.15) is 32.1 Å². The van der Waals surface area contributed by atoms with Crippen molar-refractivity contribution < 1.29 is 13.2 Å². The molecule has 1 aromatic rings. The molecular formula is C17H21F3N4. The molecule has 1 N–H and O–H groups in total. The van der Waals surface area contributed by atoms with E-state index < -0.39 is 24.0 Å². The highest BCUT2D eigenvalue weighted by Gasteiger charge is 2.46. The number of anilines is 1. The third-order valence-electron chi connectivity index (χ3n) is 4.63. The van der Waals surface area contributed by atoms with Gasteiger partial charge in [0.1, 0.15) is 5.71 Å². The zero-order chi connectivity index (χ0) is 17.2. The van der Waals surface area contributed by atoms with E-state index in [1.807, 2.05) is 6.07 Å². The number of nitrogens with zero attached hydrogens (tertiary/aromatic N) is 3. The van der Waals surface area contributed by atoms with Crippen molar-refractivity contribution in [3.63, 3.8) is 0 Å². The molecule has 3 rings (SSSR count). The molecule has 2 aliphatic rings. The smallest absolute Gasteiger partial charge is 0.297 e. The van der Waals surface area contributed by atoms with Gasteiger partial charge in [-0.15, -0.1) is 5.73 Å². The summed E-state index contributed by atoms with van der Waals surface area (Å²) in [6.07, 6.45) is -1.48. The van der Waals surface area contributed by atoms with E-state index in [1.54, 1.807) is 24.3 Å². The second-order valence-corrected chi connectivity index (χ2v) is 6.50. The molecule has 3 unspecified atom stereocenters. The van der Waals surface area contributed by atoms with E-state index in [9.17, 15) is 18.9 Å². The summed E-state index contributed by atoms with van der Waals surface area (Å²) in [5.41, 5.74) is 9.76. The molecule has 0 spiro atoms.